The summed E-state index contributed by atoms with van der Waals surface area (Å²) in [4.78, 5) is 25.5. The molecule has 3 aliphatic heterocycles. The van der Waals surface area contributed by atoms with Gasteiger partial charge in [-0.2, -0.15) is 0 Å². The van der Waals surface area contributed by atoms with Crippen LogP contribution in [-0.2, 0) is 20.7 Å². The highest BCUT2D eigenvalue weighted by molar-refractivity contribution is 5.97. The van der Waals surface area contributed by atoms with Crippen LogP contribution < -0.4 is 15.0 Å². The molecular formula is C31H44FN5O4. The zero-order chi connectivity index (χ0) is 28.9. The first-order valence-electron chi connectivity index (χ1n) is 14.9. The molecule has 4 heterocycles. The Hall–Kier alpha value is -2.63. The van der Waals surface area contributed by atoms with Gasteiger partial charge in [-0.15, -0.1) is 0 Å². The van der Waals surface area contributed by atoms with Crippen LogP contribution in [0.15, 0.2) is 36.5 Å². The molecule has 9 nitrogen and oxygen atoms in total. The minimum Gasteiger partial charge on any atom is -0.474 e. The first-order chi connectivity index (χ1) is 19.8. The number of carbonyl (C=O) groups is 1. The van der Waals surface area contributed by atoms with Crippen molar-refractivity contribution in [2.75, 3.05) is 64.1 Å². The van der Waals surface area contributed by atoms with E-state index >= 15 is 0 Å². The van der Waals surface area contributed by atoms with Gasteiger partial charge >= 0.3 is 0 Å². The highest BCUT2D eigenvalue weighted by Gasteiger charge is 2.38. The zero-order valence-corrected chi connectivity index (χ0v) is 24.7. The average Bonchev–Trinajstić information content (AvgIpc) is 2.95. The number of morpholine rings is 1. The Morgan fingerprint density at radius 2 is 1.85 bits per heavy atom. The van der Waals surface area contributed by atoms with E-state index in [9.17, 15) is 9.18 Å². The standard InChI is InChI=1S/C31H44FN5O4/c1-5-39-19-28-20-41-31-29(11-25(12-34-31)10-24-6-8-26(32)9-7-24)37(28)30(38)16-35-14-21(2)33-13-27(35)15-36-22(3)17-40-18-23(36)4/h6-9,11-12,21-23,27-28,33H,5,10,13-20H2,1-4H3/t21-,22-,23-,27-,28+/m1/s1. The molecule has 41 heavy (non-hydrogen) atoms. The fourth-order valence-corrected chi connectivity index (χ4v) is 6.16. The van der Waals surface area contributed by atoms with Gasteiger partial charge in [0.1, 0.15) is 18.1 Å². The minimum absolute atomic E-state index is 0.0159. The number of piperazine rings is 1. The summed E-state index contributed by atoms with van der Waals surface area (Å²) in [7, 11) is 0. The number of hydrogen-bond acceptors (Lipinski definition) is 8. The van der Waals surface area contributed by atoms with Crippen molar-refractivity contribution >= 4 is 11.6 Å². The highest BCUT2D eigenvalue weighted by atomic mass is 19.1. The lowest BCUT2D eigenvalue weighted by atomic mass is 10.0. The van der Waals surface area contributed by atoms with E-state index in [-0.39, 0.29) is 23.8 Å². The molecule has 2 fully saturated rings. The lowest BCUT2D eigenvalue weighted by Crippen LogP contribution is -2.64. The summed E-state index contributed by atoms with van der Waals surface area (Å²) >= 11 is 0. The molecule has 5 rings (SSSR count). The SMILES string of the molecule is CCOC[C@H]1COc2ncc(Cc3ccc(F)cc3)cc2N1C(=O)CN1C[C@@H](C)NC[C@@H]1CN1[C@H](C)COC[C@H]1C. The van der Waals surface area contributed by atoms with Crippen LogP contribution in [0.3, 0.4) is 0 Å². The summed E-state index contributed by atoms with van der Waals surface area (Å²) in [5.41, 5.74) is 2.57. The predicted octanol–water partition coefficient (Wildman–Crippen LogP) is 2.71. The summed E-state index contributed by atoms with van der Waals surface area (Å²) in [6, 6.07) is 9.36. The number of nitrogens with one attached hydrogen (secondary N) is 1. The summed E-state index contributed by atoms with van der Waals surface area (Å²) in [5, 5.41) is 3.62. The number of halogens is 1. The van der Waals surface area contributed by atoms with Gasteiger partial charge in [-0.05, 0) is 63.4 Å². The Morgan fingerprint density at radius 3 is 2.59 bits per heavy atom. The van der Waals surface area contributed by atoms with Crippen LogP contribution >= 0.6 is 0 Å². The van der Waals surface area contributed by atoms with Crippen molar-refractivity contribution in [1.29, 1.82) is 0 Å². The maximum atomic E-state index is 14.2. The molecule has 0 bridgehead atoms. The van der Waals surface area contributed by atoms with E-state index in [1.807, 2.05) is 17.9 Å². The fraction of sp³-hybridized carbons (Fsp3) is 0.613. The second kappa shape index (κ2) is 13.6. The first-order valence-corrected chi connectivity index (χ1v) is 14.9. The van der Waals surface area contributed by atoms with Crippen molar-refractivity contribution in [3.63, 3.8) is 0 Å². The van der Waals surface area contributed by atoms with Crippen molar-refractivity contribution in [2.45, 2.75) is 64.3 Å². The Balaban J connectivity index is 1.38. The molecular weight excluding hydrogens is 525 g/mol. The lowest BCUT2D eigenvalue weighted by Gasteiger charge is -2.46. The molecule has 10 heteroatoms. The van der Waals surface area contributed by atoms with Gasteiger partial charge in [0, 0.05) is 56.6 Å². The maximum Gasteiger partial charge on any atom is 0.241 e. The number of fused-ring (bicyclic) bond motifs is 1. The number of nitrogens with zero attached hydrogens (tertiary/aromatic N) is 4. The fourth-order valence-electron chi connectivity index (χ4n) is 6.16. The van der Waals surface area contributed by atoms with Crippen molar-refractivity contribution in [3.8, 4) is 5.88 Å². The van der Waals surface area contributed by atoms with E-state index in [0.717, 1.165) is 44.0 Å². The van der Waals surface area contributed by atoms with Crippen LogP contribution in [0.5, 0.6) is 5.88 Å². The van der Waals surface area contributed by atoms with E-state index in [1.54, 1.807) is 18.3 Å². The van der Waals surface area contributed by atoms with Crippen LogP contribution in [-0.4, -0.2) is 110 Å². The van der Waals surface area contributed by atoms with Gasteiger partial charge in [-0.3, -0.25) is 19.5 Å². The van der Waals surface area contributed by atoms with E-state index in [0.29, 0.717) is 62.5 Å². The molecule has 0 unspecified atom stereocenters. The minimum atomic E-state index is -0.265. The normalized spacial score (nSPS) is 27.3. The predicted molar refractivity (Wildman–Crippen MR) is 156 cm³/mol. The summed E-state index contributed by atoms with van der Waals surface area (Å²) in [6.45, 7) is 14.1. The third-order valence-corrected chi connectivity index (χ3v) is 8.37. The molecule has 2 aromatic rings. The molecule has 0 radical (unpaired) electrons. The Morgan fingerprint density at radius 1 is 1.10 bits per heavy atom. The zero-order valence-electron chi connectivity index (χ0n) is 24.7. The van der Waals surface area contributed by atoms with Gasteiger partial charge in [0.05, 0.1) is 32.4 Å². The van der Waals surface area contributed by atoms with Crippen LogP contribution in [0.2, 0.25) is 0 Å². The molecule has 2 saturated heterocycles. The molecule has 1 aromatic heterocycles. The largest absolute Gasteiger partial charge is 0.474 e. The summed E-state index contributed by atoms with van der Waals surface area (Å²) in [6.07, 6.45) is 2.35. The number of pyridine rings is 1. The van der Waals surface area contributed by atoms with Crippen LogP contribution in [0.25, 0.3) is 0 Å². The van der Waals surface area contributed by atoms with Crippen LogP contribution in [0.4, 0.5) is 10.1 Å². The molecule has 5 atom stereocenters. The quantitative estimate of drug-likeness (QED) is 0.494. The third-order valence-electron chi connectivity index (χ3n) is 8.37. The lowest BCUT2D eigenvalue weighted by molar-refractivity contribution is -0.122. The van der Waals surface area contributed by atoms with Crippen molar-refractivity contribution in [2.24, 2.45) is 0 Å². The van der Waals surface area contributed by atoms with E-state index in [4.69, 9.17) is 14.2 Å². The number of amides is 1. The van der Waals surface area contributed by atoms with Gasteiger partial charge in [0.25, 0.3) is 0 Å². The molecule has 0 aliphatic carbocycles. The molecule has 1 N–H and O–H groups in total. The average molecular weight is 570 g/mol. The number of anilines is 1. The number of ether oxygens (including phenoxy) is 3. The maximum absolute atomic E-state index is 14.2. The first kappa shape index (κ1) is 29.8. The molecule has 0 spiro atoms. The van der Waals surface area contributed by atoms with Gasteiger partial charge < -0.3 is 19.5 Å². The summed E-state index contributed by atoms with van der Waals surface area (Å²) < 4.78 is 31.0. The third kappa shape index (κ3) is 7.24. The van der Waals surface area contributed by atoms with Gasteiger partial charge in [0.2, 0.25) is 11.8 Å². The van der Waals surface area contributed by atoms with Crippen LogP contribution in [0.1, 0.15) is 38.8 Å². The Bertz CT molecular complexity index is 1160. The van der Waals surface area contributed by atoms with Crippen molar-refractivity contribution in [3.05, 3.63) is 53.5 Å². The van der Waals surface area contributed by atoms with Crippen LogP contribution in [0, 0.1) is 5.82 Å². The second-order valence-corrected chi connectivity index (χ2v) is 11.7. The topological polar surface area (TPSA) is 79.4 Å². The molecule has 3 aliphatic rings. The monoisotopic (exact) mass is 569 g/mol. The smallest absolute Gasteiger partial charge is 0.241 e. The van der Waals surface area contributed by atoms with Gasteiger partial charge in [-0.1, -0.05) is 12.1 Å². The number of rotatable bonds is 9. The van der Waals surface area contributed by atoms with Crippen molar-refractivity contribution < 1.29 is 23.4 Å². The van der Waals surface area contributed by atoms with E-state index in [2.05, 4.69) is 40.9 Å². The molecule has 224 valence electrons. The Kier molecular flexibility index (Phi) is 9.87. The van der Waals surface area contributed by atoms with Crippen molar-refractivity contribution in [1.82, 2.24) is 20.1 Å². The molecule has 0 saturated carbocycles. The highest BCUT2D eigenvalue weighted by Crippen LogP contribution is 2.34. The number of hydrogen-bond donors (Lipinski definition) is 1. The molecule has 1 aromatic carbocycles. The number of benzene rings is 1. The van der Waals surface area contributed by atoms with E-state index < -0.39 is 0 Å². The van der Waals surface area contributed by atoms with E-state index in [1.165, 1.54) is 12.1 Å². The summed E-state index contributed by atoms with van der Waals surface area (Å²) in [5.74, 6) is 0.205. The van der Waals surface area contributed by atoms with Gasteiger partial charge in [-0.25, -0.2) is 9.37 Å². The second-order valence-electron chi connectivity index (χ2n) is 11.7. The Labute approximate surface area is 242 Å². The number of aromatic nitrogens is 1. The number of carbonyl (C=O) groups excluding carboxylic acids is 1. The van der Waals surface area contributed by atoms with Gasteiger partial charge in [0.15, 0.2) is 0 Å². The molecule has 1 amide bonds.